The zero-order valence-corrected chi connectivity index (χ0v) is 27.8. The summed E-state index contributed by atoms with van der Waals surface area (Å²) < 4.78 is 2.30. The summed E-state index contributed by atoms with van der Waals surface area (Å²) in [6.07, 6.45) is 7.03. The van der Waals surface area contributed by atoms with Crippen LogP contribution in [-0.4, -0.2) is 25.8 Å². The van der Waals surface area contributed by atoms with Crippen molar-refractivity contribution in [2.24, 2.45) is 0 Å². The van der Waals surface area contributed by atoms with Crippen molar-refractivity contribution in [3.63, 3.8) is 0 Å². The fourth-order valence-electron chi connectivity index (χ4n) is 6.37. The minimum atomic E-state index is -0.770. The molecular weight excluding hydrogens is 571 g/mol. The van der Waals surface area contributed by atoms with E-state index in [4.69, 9.17) is 0 Å². The second kappa shape index (κ2) is 15.2. The van der Waals surface area contributed by atoms with Crippen LogP contribution in [0.4, 0.5) is 0 Å². The second-order valence-corrected chi connectivity index (χ2v) is 13.8. The highest BCUT2D eigenvalue weighted by Gasteiger charge is 2.36. The molecule has 46 heavy (non-hydrogen) atoms. The SMILES string of the molecule is CCc1ccc([SiH2]C(c2ccccc2)(c2ccccc2)n2ccnc2)cc1.c1ccc(B(c2ccccc2)c2ccccc2)cc1. The molecule has 0 aliphatic heterocycles. The number of aromatic nitrogens is 2. The third-order valence-corrected chi connectivity index (χ3v) is 11.3. The standard InChI is InChI=1S/C24H24N2Si.C18H15B/c1-2-20-13-15-23(16-14-20)27-24(26-18-17-25-19-26,21-9-5-3-6-10-21)22-11-7-4-8-12-22;1-4-10-16(11-5-1)19(17-12-6-2-7-13-17)18-14-8-3-9-15-18/h3-19H,2,27H2,1H3;1-15H. The molecule has 0 unspecified atom stereocenters. The minimum Gasteiger partial charge on any atom is -0.326 e. The van der Waals surface area contributed by atoms with Crippen molar-refractivity contribution in [3.05, 3.63) is 211 Å². The van der Waals surface area contributed by atoms with Crippen LogP contribution >= 0.6 is 0 Å². The first-order chi connectivity index (χ1) is 22.8. The first kappa shape index (κ1) is 30.8. The molecule has 0 amide bonds. The Bertz CT molecular complexity index is 1730. The van der Waals surface area contributed by atoms with Crippen LogP contribution in [0.15, 0.2) is 195 Å². The third kappa shape index (κ3) is 7.04. The molecule has 0 spiro atoms. The molecule has 0 aliphatic carbocycles. The quantitative estimate of drug-likeness (QED) is 0.187. The summed E-state index contributed by atoms with van der Waals surface area (Å²) >= 11 is 0. The van der Waals surface area contributed by atoms with E-state index in [1.807, 2.05) is 12.5 Å². The van der Waals surface area contributed by atoms with Crippen molar-refractivity contribution in [1.29, 1.82) is 0 Å². The summed E-state index contributed by atoms with van der Waals surface area (Å²) in [6.45, 7) is 2.51. The largest absolute Gasteiger partial charge is 0.326 e. The van der Waals surface area contributed by atoms with Gasteiger partial charge in [0.25, 0.3) is 0 Å². The molecule has 0 N–H and O–H groups in total. The van der Waals surface area contributed by atoms with Gasteiger partial charge in [-0.25, -0.2) is 4.98 Å². The number of imidazole rings is 1. The molecule has 0 fully saturated rings. The highest BCUT2D eigenvalue weighted by Crippen LogP contribution is 2.33. The molecule has 0 bridgehead atoms. The van der Waals surface area contributed by atoms with Gasteiger partial charge in [0, 0.05) is 12.4 Å². The molecule has 0 aliphatic rings. The first-order valence-corrected chi connectivity index (χ1v) is 17.5. The van der Waals surface area contributed by atoms with Crippen molar-refractivity contribution >= 4 is 37.8 Å². The summed E-state index contributed by atoms with van der Waals surface area (Å²) in [5.74, 6) is 0. The van der Waals surface area contributed by atoms with Crippen LogP contribution in [0.3, 0.4) is 0 Å². The number of nitrogens with zero attached hydrogens (tertiary/aromatic N) is 2. The lowest BCUT2D eigenvalue weighted by atomic mass is 9.37. The van der Waals surface area contributed by atoms with Gasteiger partial charge in [-0.3, -0.25) is 0 Å². The van der Waals surface area contributed by atoms with Gasteiger partial charge < -0.3 is 4.57 Å². The zero-order valence-electron chi connectivity index (χ0n) is 26.4. The third-order valence-electron chi connectivity index (χ3n) is 8.74. The van der Waals surface area contributed by atoms with Crippen molar-refractivity contribution in [1.82, 2.24) is 9.55 Å². The van der Waals surface area contributed by atoms with Crippen LogP contribution in [0.1, 0.15) is 23.6 Å². The predicted molar refractivity (Wildman–Crippen MR) is 199 cm³/mol. The van der Waals surface area contributed by atoms with E-state index in [9.17, 15) is 0 Å². The zero-order chi connectivity index (χ0) is 31.4. The monoisotopic (exact) mass is 610 g/mol. The molecule has 6 aromatic carbocycles. The molecule has 0 radical (unpaired) electrons. The van der Waals surface area contributed by atoms with E-state index >= 15 is 0 Å². The van der Waals surface area contributed by atoms with Crippen molar-refractivity contribution in [3.8, 4) is 0 Å². The minimum absolute atomic E-state index is 0.202. The van der Waals surface area contributed by atoms with Crippen LogP contribution in [0, 0.1) is 0 Å². The average molecular weight is 611 g/mol. The molecule has 7 rings (SSSR count). The van der Waals surface area contributed by atoms with Gasteiger partial charge in [-0.2, -0.15) is 0 Å². The van der Waals surface area contributed by atoms with Gasteiger partial charge in [0.2, 0.25) is 6.71 Å². The summed E-state index contributed by atoms with van der Waals surface area (Å²) in [6, 6.07) is 62.9. The van der Waals surface area contributed by atoms with Crippen LogP contribution in [0.2, 0.25) is 0 Å². The first-order valence-electron chi connectivity index (χ1n) is 16.1. The molecule has 0 atom stereocenters. The fraction of sp³-hybridized carbons (Fsp3) is 0.0714. The highest BCUT2D eigenvalue weighted by atomic mass is 28.2. The lowest BCUT2D eigenvalue weighted by Gasteiger charge is -2.37. The van der Waals surface area contributed by atoms with Gasteiger partial charge in [-0.05, 0) is 23.1 Å². The molecule has 2 nitrogen and oxygen atoms in total. The van der Waals surface area contributed by atoms with Gasteiger partial charge in [0.1, 0.15) is 0 Å². The smallest absolute Gasteiger partial charge is 0.241 e. The fourth-order valence-corrected chi connectivity index (χ4v) is 8.69. The molecule has 1 aromatic heterocycles. The van der Waals surface area contributed by atoms with E-state index in [2.05, 4.69) is 199 Å². The molecule has 1 heterocycles. The Balaban J connectivity index is 0.000000172. The number of rotatable bonds is 9. The molecule has 4 heteroatoms. The van der Waals surface area contributed by atoms with E-state index in [0.29, 0.717) is 6.71 Å². The van der Waals surface area contributed by atoms with E-state index in [-0.39, 0.29) is 5.16 Å². The molecule has 224 valence electrons. The second-order valence-electron chi connectivity index (χ2n) is 11.6. The maximum atomic E-state index is 4.39. The van der Waals surface area contributed by atoms with Crippen molar-refractivity contribution < 1.29 is 0 Å². The molecule has 0 saturated heterocycles. The Hall–Kier alpha value is -5.19. The van der Waals surface area contributed by atoms with Crippen molar-refractivity contribution in [2.75, 3.05) is 0 Å². The summed E-state index contributed by atoms with van der Waals surface area (Å²) in [7, 11) is -0.770. The van der Waals surface area contributed by atoms with E-state index in [1.54, 1.807) is 0 Å². The van der Waals surface area contributed by atoms with Gasteiger partial charge >= 0.3 is 0 Å². The molecule has 7 aromatic rings. The Morgan fingerprint density at radius 3 is 1.33 bits per heavy atom. The Kier molecular flexibility index (Phi) is 10.2. The number of benzene rings is 6. The predicted octanol–water partition coefficient (Wildman–Crippen LogP) is 5.89. The average Bonchev–Trinajstić information content (AvgIpc) is 3.69. The lowest BCUT2D eigenvalue weighted by molar-refractivity contribution is 0.596. The topological polar surface area (TPSA) is 17.8 Å². The number of aryl methyl sites for hydroxylation is 1. The normalized spacial score (nSPS) is 11.2. The van der Waals surface area contributed by atoms with E-state index < -0.39 is 9.52 Å². The van der Waals surface area contributed by atoms with Gasteiger partial charge in [-0.15, -0.1) is 0 Å². The van der Waals surface area contributed by atoms with Gasteiger partial charge in [0.15, 0.2) is 0 Å². The summed E-state index contributed by atoms with van der Waals surface area (Å²) in [4.78, 5) is 4.39. The number of hydrogen-bond acceptors (Lipinski definition) is 1. The lowest BCUT2D eigenvalue weighted by Crippen LogP contribution is -2.51. The van der Waals surface area contributed by atoms with Crippen LogP contribution < -0.4 is 21.6 Å². The van der Waals surface area contributed by atoms with E-state index in [1.165, 1.54) is 38.3 Å². The van der Waals surface area contributed by atoms with Crippen LogP contribution in [0.25, 0.3) is 0 Å². The number of hydrogen-bond donors (Lipinski definition) is 0. The maximum Gasteiger partial charge on any atom is 0.241 e. The Morgan fingerprint density at radius 1 is 0.543 bits per heavy atom. The summed E-state index contributed by atoms with van der Waals surface area (Å²) in [5.41, 5.74) is 8.03. The molecular formula is C42H39BN2Si. The Morgan fingerprint density at radius 2 is 0.957 bits per heavy atom. The van der Waals surface area contributed by atoms with Crippen molar-refractivity contribution in [2.45, 2.75) is 18.5 Å². The Labute approximate surface area is 276 Å². The maximum absolute atomic E-state index is 4.39. The van der Waals surface area contributed by atoms with Crippen LogP contribution in [0.5, 0.6) is 0 Å². The highest BCUT2D eigenvalue weighted by molar-refractivity contribution is 6.95. The molecule has 0 saturated carbocycles. The summed E-state index contributed by atoms with van der Waals surface area (Å²) in [5, 5.41) is 1.25. The van der Waals surface area contributed by atoms with Gasteiger partial charge in [0.05, 0.1) is 21.0 Å². The van der Waals surface area contributed by atoms with E-state index in [0.717, 1.165) is 6.42 Å². The van der Waals surface area contributed by atoms with Crippen LogP contribution in [-0.2, 0) is 11.6 Å². The van der Waals surface area contributed by atoms with Gasteiger partial charge in [-0.1, -0.05) is 204 Å².